The molecule has 0 saturated heterocycles. The molecule has 4 rings (SSSR count). The molecule has 2 aromatic heterocycles. The van der Waals surface area contributed by atoms with Gasteiger partial charge in [0.15, 0.2) is 0 Å². The second-order valence-electron chi connectivity index (χ2n) is 14.6. The molecular weight excluding hydrogens is 759 g/mol. The highest BCUT2D eigenvalue weighted by molar-refractivity contribution is 7.13. The summed E-state index contributed by atoms with van der Waals surface area (Å²) < 4.78 is 0. The van der Waals surface area contributed by atoms with Gasteiger partial charge in [-0.05, 0) is 67.3 Å². The Balaban J connectivity index is 1.46. The van der Waals surface area contributed by atoms with E-state index in [0.29, 0.717) is 42.9 Å². The number of nitrogens with two attached hydrogens (primary N) is 1. The molecule has 0 fully saturated rings. The number of phenolic OH excluding ortho intramolecular Hbond substituents is 1. The number of aryl methyl sites for hydroxylation is 1. The number of nitrogens with one attached hydrogen (secondary N) is 5. The Bertz CT molecular complexity index is 1900. The molecule has 9 N–H and O–H groups in total. The molecule has 15 heteroatoms. The molecular formula is C43H57N7O7S. The number of carboxylic acid groups (broad SMARTS) is 1. The van der Waals surface area contributed by atoms with Gasteiger partial charge in [0.1, 0.15) is 29.7 Å². The van der Waals surface area contributed by atoms with Gasteiger partial charge in [0.05, 0.1) is 10.9 Å². The standard InChI is InChI=1S/C43H57N7O7S/c1-3-4-5-6-7-13-38(52)45-22-9-8-11-34(48-40(53)33(44)26-31-27-46-39(47-31)37-12-10-23-58-37)41(54)49-35(24-29-16-14-28(2)15-17-29)42(55)50-36(43(56)57)25-30-18-20-32(51)21-19-30/h10,12,14-21,23,27,33-36,51H,3-9,11,13,22,24-26,44H2,1-2H3,(H,45,52)(H,46,47)(H,48,53)(H,49,54)(H,50,55)(H,56,57)/t33-,34-,35+,36-/m0/s1. The number of unbranched alkanes of at least 4 members (excludes halogenated alkanes) is 5. The number of nitrogens with zero attached hydrogens (tertiary/aromatic N) is 1. The summed E-state index contributed by atoms with van der Waals surface area (Å²) >= 11 is 1.52. The van der Waals surface area contributed by atoms with E-state index in [1.165, 1.54) is 23.5 Å². The van der Waals surface area contributed by atoms with E-state index in [0.717, 1.165) is 48.1 Å². The number of thiophene rings is 1. The van der Waals surface area contributed by atoms with Crippen molar-refractivity contribution >= 4 is 40.9 Å². The number of carbonyl (C=O) groups excluding carboxylic acids is 4. The van der Waals surface area contributed by atoms with E-state index < -0.39 is 47.9 Å². The third-order valence-corrected chi connectivity index (χ3v) is 10.6. The fraction of sp³-hybridized carbons (Fsp3) is 0.442. The van der Waals surface area contributed by atoms with Crippen LogP contribution in [0.15, 0.2) is 72.2 Å². The van der Waals surface area contributed by atoms with Gasteiger partial charge < -0.3 is 42.2 Å². The first-order chi connectivity index (χ1) is 27.9. The SMILES string of the molecule is CCCCCCCC(=O)NCCCC[C@H](NC(=O)[C@@H](N)Cc1cnc(-c2cccs2)[nH]1)C(=O)N[C@H](Cc1ccc(C)cc1)C(=O)N[C@@H](Cc1ccc(O)cc1)C(=O)O. The van der Waals surface area contributed by atoms with Gasteiger partial charge in [0.2, 0.25) is 23.6 Å². The maximum absolute atomic E-state index is 14.1. The largest absolute Gasteiger partial charge is 0.508 e. The number of hydrogen-bond acceptors (Lipinski definition) is 9. The van der Waals surface area contributed by atoms with Gasteiger partial charge in [-0.25, -0.2) is 9.78 Å². The summed E-state index contributed by atoms with van der Waals surface area (Å²) in [5.74, 6) is -2.57. The number of aromatic hydroxyl groups is 1. The Morgan fingerprint density at radius 2 is 1.41 bits per heavy atom. The molecule has 0 aliphatic heterocycles. The fourth-order valence-corrected chi connectivity index (χ4v) is 7.02. The second kappa shape index (κ2) is 23.6. The molecule has 2 aromatic carbocycles. The number of amides is 4. The van der Waals surface area contributed by atoms with Crippen molar-refractivity contribution < 1.29 is 34.2 Å². The lowest BCUT2D eigenvalue weighted by Gasteiger charge is -2.25. The van der Waals surface area contributed by atoms with Gasteiger partial charge >= 0.3 is 5.97 Å². The molecule has 0 aliphatic carbocycles. The summed E-state index contributed by atoms with van der Waals surface area (Å²) in [6, 6.07) is 12.5. The molecule has 0 spiro atoms. The summed E-state index contributed by atoms with van der Waals surface area (Å²) in [7, 11) is 0. The average molecular weight is 816 g/mol. The van der Waals surface area contributed by atoms with Crippen LogP contribution in [-0.2, 0) is 43.2 Å². The van der Waals surface area contributed by atoms with Crippen molar-refractivity contribution in [2.24, 2.45) is 5.73 Å². The van der Waals surface area contributed by atoms with Crippen molar-refractivity contribution in [1.82, 2.24) is 31.2 Å². The quantitative estimate of drug-likeness (QED) is 0.0434. The van der Waals surface area contributed by atoms with E-state index in [9.17, 15) is 34.2 Å². The molecule has 0 saturated carbocycles. The highest BCUT2D eigenvalue weighted by atomic mass is 32.1. The van der Waals surface area contributed by atoms with Crippen LogP contribution in [0.1, 0.15) is 87.1 Å². The monoisotopic (exact) mass is 815 g/mol. The lowest BCUT2D eigenvalue weighted by atomic mass is 10.0. The summed E-state index contributed by atoms with van der Waals surface area (Å²) in [6.45, 7) is 4.46. The first-order valence-electron chi connectivity index (χ1n) is 20.0. The number of hydrogen-bond donors (Lipinski definition) is 8. The number of aromatic amines is 1. The van der Waals surface area contributed by atoms with Crippen LogP contribution in [0.2, 0.25) is 0 Å². The number of aromatic nitrogens is 2. The zero-order valence-electron chi connectivity index (χ0n) is 33.3. The first kappa shape index (κ1) is 45.2. The number of H-pyrrole nitrogens is 1. The van der Waals surface area contributed by atoms with Gasteiger partial charge in [0.25, 0.3) is 0 Å². The number of phenols is 1. The smallest absolute Gasteiger partial charge is 0.326 e. The minimum absolute atomic E-state index is 0.0191. The lowest BCUT2D eigenvalue weighted by molar-refractivity contribution is -0.142. The van der Waals surface area contributed by atoms with Crippen molar-refractivity contribution in [3.8, 4) is 16.5 Å². The Morgan fingerprint density at radius 3 is 2.09 bits per heavy atom. The van der Waals surface area contributed by atoms with Gasteiger partial charge in [-0.3, -0.25) is 19.2 Å². The molecule has 58 heavy (non-hydrogen) atoms. The van der Waals surface area contributed by atoms with Crippen LogP contribution in [0.25, 0.3) is 10.7 Å². The number of rotatable bonds is 25. The minimum atomic E-state index is -1.34. The second-order valence-corrected chi connectivity index (χ2v) is 15.6. The number of carboxylic acids is 1. The van der Waals surface area contributed by atoms with Crippen LogP contribution in [0.4, 0.5) is 0 Å². The Labute approximate surface area is 343 Å². The molecule has 0 radical (unpaired) electrons. The van der Waals surface area contributed by atoms with Gasteiger partial charge in [-0.15, -0.1) is 11.3 Å². The van der Waals surface area contributed by atoms with Crippen LogP contribution in [0, 0.1) is 6.92 Å². The van der Waals surface area contributed by atoms with E-state index in [-0.39, 0.29) is 37.3 Å². The third kappa shape index (κ3) is 15.4. The van der Waals surface area contributed by atoms with E-state index in [4.69, 9.17) is 5.73 Å². The molecule has 0 bridgehead atoms. The Morgan fingerprint density at radius 1 is 0.776 bits per heavy atom. The normalized spacial score (nSPS) is 13.2. The maximum Gasteiger partial charge on any atom is 0.326 e. The predicted octanol–water partition coefficient (Wildman–Crippen LogP) is 4.69. The zero-order valence-corrected chi connectivity index (χ0v) is 34.1. The van der Waals surface area contributed by atoms with E-state index >= 15 is 0 Å². The number of carbonyl (C=O) groups is 5. The zero-order chi connectivity index (χ0) is 41.9. The third-order valence-electron chi connectivity index (χ3n) is 9.73. The van der Waals surface area contributed by atoms with Crippen LogP contribution < -0.4 is 27.0 Å². The summed E-state index contributed by atoms with van der Waals surface area (Å²) in [4.78, 5) is 74.7. The average Bonchev–Trinajstić information content (AvgIpc) is 3.91. The summed E-state index contributed by atoms with van der Waals surface area (Å²) in [5, 5.41) is 32.7. The van der Waals surface area contributed by atoms with Crippen LogP contribution in [-0.4, -0.2) is 80.5 Å². The molecule has 14 nitrogen and oxygen atoms in total. The highest BCUT2D eigenvalue weighted by Crippen LogP contribution is 2.21. The summed E-state index contributed by atoms with van der Waals surface area (Å²) in [5.41, 5.74) is 9.28. The topological polar surface area (TPSA) is 229 Å². The number of benzene rings is 2. The molecule has 2 heterocycles. The molecule has 312 valence electrons. The van der Waals surface area contributed by atoms with Crippen molar-refractivity contribution in [2.45, 2.75) is 115 Å². The fourth-order valence-electron chi connectivity index (χ4n) is 6.34. The Kier molecular flexibility index (Phi) is 18.4. The first-order valence-corrected chi connectivity index (χ1v) is 20.9. The van der Waals surface area contributed by atoms with Crippen LogP contribution >= 0.6 is 11.3 Å². The Hall–Kier alpha value is -5.54. The maximum atomic E-state index is 14.1. The molecule has 4 amide bonds. The van der Waals surface area contributed by atoms with Crippen molar-refractivity contribution in [3.05, 3.63) is 94.6 Å². The van der Waals surface area contributed by atoms with Crippen molar-refractivity contribution in [3.63, 3.8) is 0 Å². The van der Waals surface area contributed by atoms with E-state index in [2.05, 4.69) is 38.2 Å². The van der Waals surface area contributed by atoms with Gasteiger partial charge in [-0.2, -0.15) is 0 Å². The molecule has 4 aromatic rings. The predicted molar refractivity (Wildman–Crippen MR) is 224 cm³/mol. The van der Waals surface area contributed by atoms with Crippen LogP contribution in [0.3, 0.4) is 0 Å². The lowest BCUT2D eigenvalue weighted by Crippen LogP contribution is -2.58. The van der Waals surface area contributed by atoms with Crippen molar-refractivity contribution in [1.29, 1.82) is 0 Å². The van der Waals surface area contributed by atoms with Crippen LogP contribution in [0.5, 0.6) is 5.75 Å². The number of imidazole rings is 1. The van der Waals surface area contributed by atoms with Gasteiger partial charge in [-0.1, -0.05) is 80.6 Å². The van der Waals surface area contributed by atoms with E-state index in [1.54, 1.807) is 18.3 Å². The van der Waals surface area contributed by atoms with Crippen molar-refractivity contribution in [2.75, 3.05) is 6.54 Å². The highest BCUT2D eigenvalue weighted by Gasteiger charge is 2.31. The van der Waals surface area contributed by atoms with Gasteiger partial charge in [0, 0.05) is 44.1 Å². The summed E-state index contributed by atoms with van der Waals surface area (Å²) in [6.07, 6.45) is 8.57. The molecule has 4 atom stereocenters. The molecule has 0 unspecified atom stereocenters. The van der Waals surface area contributed by atoms with E-state index in [1.807, 2.05) is 48.7 Å². The number of aliphatic carboxylic acids is 1. The minimum Gasteiger partial charge on any atom is -0.508 e. The molecule has 0 aliphatic rings.